The first-order valence-electron chi connectivity index (χ1n) is 7.38. The Kier molecular flexibility index (Phi) is 5.13. The molecule has 22 heavy (non-hydrogen) atoms. The zero-order valence-corrected chi connectivity index (χ0v) is 13.3. The molecule has 2 aromatic rings. The number of hydrogen-bond acceptors (Lipinski definition) is 3. The molecule has 1 heterocycles. The molecule has 0 atom stereocenters. The molecule has 4 heteroatoms. The lowest BCUT2D eigenvalue weighted by molar-refractivity contribution is -0.104. The average Bonchev–Trinajstić information content (AvgIpc) is 2.77. The summed E-state index contributed by atoms with van der Waals surface area (Å²) in [6.07, 6.45) is 3.35. The van der Waals surface area contributed by atoms with E-state index >= 15 is 0 Å². The maximum atomic E-state index is 10.9. The number of allylic oxidation sites excluding steroid dienone is 1. The Morgan fingerprint density at radius 2 is 2.09 bits per heavy atom. The molecule has 0 saturated heterocycles. The van der Waals surface area contributed by atoms with Gasteiger partial charge in [0.15, 0.2) is 6.29 Å². The van der Waals surface area contributed by atoms with E-state index in [1.165, 1.54) is 0 Å². The van der Waals surface area contributed by atoms with E-state index in [1.54, 1.807) is 6.08 Å². The second-order valence-electron chi connectivity index (χ2n) is 5.65. The van der Waals surface area contributed by atoms with Crippen molar-refractivity contribution in [2.45, 2.75) is 19.9 Å². The van der Waals surface area contributed by atoms with E-state index in [2.05, 4.69) is 29.6 Å². The van der Waals surface area contributed by atoms with Gasteiger partial charge in [-0.05, 0) is 46.1 Å². The third kappa shape index (κ3) is 3.26. The van der Waals surface area contributed by atoms with Crippen LogP contribution in [-0.4, -0.2) is 36.4 Å². The minimum atomic E-state index is 0.152. The van der Waals surface area contributed by atoms with Gasteiger partial charge in [-0.2, -0.15) is 5.26 Å². The molecule has 0 radical (unpaired) electrons. The van der Waals surface area contributed by atoms with Crippen LogP contribution in [0.3, 0.4) is 0 Å². The van der Waals surface area contributed by atoms with Gasteiger partial charge in [0, 0.05) is 28.7 Å². The fourth-order valence-electron chi connectivity index (χ4n) is 2.72. The Morgan fingerprint density at radius 1 is 1.36 bits per heavy atom. The molecule has 0 aliphatic heterocycles. The zero-order chi connectivity index (χ0) is 16.1. The fourth-order valence-corrected chi connectivity index (χ4v) is 2.72. The Morgan fingerprint density at radius 3 is 2.73 bits per heavy atom. The van der Waals surface area contributed by atoms with E-state index < -0.39 is 0 Å². The summed E-state index contributed by atoms with van der Waals surface area (Å²) >= 11 is 0. The van der Waals surface area contributed by atoms with Gasteiger partial charge in [-0.1, -0.05) is 18.2 Å². The quantitative estimate of drug-likeness (QED) is 0.467. The van der Waals surface area contributed by atoms with Crippen LogP contribution in [0, 0.1) is 18.3 Å². The molecule has 1 aromatic heterocycles. The molecule has 0 spiro atoms. The van der Waals surface area contributed by atoms with Crippen LogP contribution >= 0.6 is 0 Å². The summed E-state index contributed by atoms with van der Waals surface area (Å²) in [6, 6.07) is 10.1. The van der Waals surface area contributed by atoms with Gasteiger partial charge in [-0.25, -0.2) is 0 Å². The van der Waals surface area contributed by atoms with Crippen molar-refractivity contribution >= 4 is 23.3 Å². The Balaban J connectivity index is 2.50. The second-order valence-corrected chi connectivity index (χ2v) is 5.65. The van der Waals surface area contributed by atoms with Crippen LogP contribution < -0.4 is 0 Å². The molecule has 0 bridgehead atoms. The van der Waals surface area contributed by atoms with Crippen LogP contribution in [0.1, 0.15) is 17.7 Å². The molecule has 0 fully saturated rings. The van der Waals surface area contributed by atoms with E-state index in [0.29, 0.717) is 6.29 Å². The third-order valence-electron chi connectivity index (χ3n) is 3.82. The number of carbonyl (C=O) groups is 1. The summed E-state index contributed by atoms with van der Waals surface area (Å²) in [5, 5.41) is 10.1. The number of para-hydroxylation sites is 1. The molecule has 0 aliphatic rings. The van der Waals surface area contributed by atoms with Crippen molar-refractivity contribution in [3.63, 3.8) is 0 Å². The highest BCUT2D eigenvalue weighted by Gasteiger charge is 2.12. The monoisotopic (exact) mass is 295 g/mol. The number of fused-ring (bicyclic) bond motifs is 1. The van der Waals surface area contributed by atoms with Crippen LogP contribution in [0.5, 0.6) is 0 Å². The standard InChI is InChI=1S/C18H21N3O/c1-14-17(11-15(12-19)13-22)16-7-4-5-8-18(16)21(14)10-6-9-20(2)3/h4-5,7-8,11,13H,6,9-10H2,1-3H3/b15-11+. The van der Waals surface area contributed by atoms with E-state index in [1.807, 2.05) is 31.2 Å². The van der Waals surface area contributed by atoms with Crippen molar-refractivity contribution in [3.05, 3.63) is 41.1 Å². The molecular formula is C18H21N3O. The van der Waals surface area contributed by atoms with Gasteiger partial charge in [-0.15, -0.1) is 0 Å². The highest BCUT2D eigenvalue weighted by Crippen LogP contribution is 2.28. The van der Waals surface area contributed by atoms with Gasteiger partial charge < -0.3 is 9.47 Å². The first-order valence-corrected chi connectivity index (χ1v) is 7.38. The summed E-state index contributed by atoms with van der Waals surface area (Å²) in [7, 11) is 4.14. The molecule has 0 unspecified atom stereocenters. The number of nitrogens with zero attached hydrogens (tertiary/aromatic N) is 3. The number of aryl methyl sites for hydroxylation is 1. The van der Waals surface area contributed by atoms with Crippen LogP contribution in [0.15, 0.2) is 29.8 Å². The Labute approximate surface area is 131 Å². The summed E-state index contributed by atoms with van der Waals surface area (Å²) in [6.45, 7) is 3.98. The van der Waals surface area contributed by atoms with Gasteiger partial charge in [0.2, 0.25) is 0 Å². The summed E-state index contributed by atoms with van der Waals surface area (Å²) in [5.41, 5.74) is 3.35. The smallest absolute Gasteiger partial charge is 0.160 e. The van der Waals surface area contributed by atoms with Gasteiger partial charge in [0.25, 0.3) is 0 Å². The highest BCUT2D eigenvalue weighted by molar-refractivity contribution is 5.96. The number of benzene rings is 1. The van der Waals surface area contributed by atoms with E-state index in [0.717, 1.165) is 41.7 Å². The van der Waals surface area contributed by atoms with Crippen molar-refractivity contribution in [2.24, 2.45) is 0 Å². The topological polar surface area (TPSA) is 49.0 Å². The number of carbonyl (C=O) groups excluding carboxylic acids is 1. The highest BCUT2D eigenvalue weighted by atomic mass is 16.1. The molecule has 4 nitrogen and oxygen atoms in total. The van der Waals surface area contributed by atoms with Crippen LogP contribution in [0.2, 0.25) is 0 Å². The van der Waals surface area contributed by atoms with E-state index in [-0.39, 0.29) is 5.57 Å². The van der Waals surface area contributed by atoms with Crippen molar-refractivity contribution < 1.29 is 4.79 Å². The minimum Gasteiger partial charge on any atom is -0.344 e. The normalized spacial score (nSPS) is 11.9. The Hall–Kier alpha value is -2.38. The van der Waals surface area contributed by atoms with Gasteiger partial charge in [0.1, 0.15) is 6.07 Å². The van der Waals surface area contributed by atoms with E-state index in [9.17, 15) is 4.79 Å². The lowest BCUT2D eigenvalue weighted by Crippen LogP contribution is -2.15. The van der Waals surface area contributed by atoms with Crippen molar-refractivity contribution in [2.75, 3.05) is 20.6 Å². The maximum absolute atomic E-state index is 10.9. The molecular weight excluding hydrogens is 274 g/mol. The zero-order valence-electron chi connectivity index (χ0n) is 13.3. The lowest BCUT2D eigenvalue weighted by Gasteiger charge is -2.12. The SMILES string of the molecule is Cc1c(/C=C(\C#N)C=O)c2ccccc2n1CCCN(C)C. The van der Waals surface area contributed by atoms with Crippen molar-refractivity contribution in [3.8, 4) is 6.07 Å². The van der Waals surface area contributed by atoms with Crippen LogP contribution in [0.4, 0.5) is 0 Å². The number of rotatable bonds is 6. The molecule has 0 aliphatic carbocycles. The van der Waals surface area contributed by atoms with Crippen molar-refractivity contribution in [1.82, 2.24) is 9.47 Å². The Bertz CT molecular complexity index is 748. The predicted molar refractivity (Wildman–Crippen MR) is 89.5 cm³/mol. The summed E-state index contributed by atoms with van der Waals surface area (Å²) < 4.78 is 2.27. The lowest BCUT2D eigenvalue weighted by atomic mass is 10.1. The molecule has 0 N–H and O–H groups in total. The first kappa shape index (κ1) is 16.0. The van der Waals surface area contributed by atoms with Gasteiger partial charge in [-0.3, -0.25) is 4.79 Å². The number of aldehydes is 1. The summed E-state index contributed by atoms with van der Waals surface area (Å²) in [4.78, 5) is 13.1. The predicted octanol–water partition coefficient (Wildman–Crippen LogP) is 3.01. The minimum absolute atomic E-state index is 0.152. The first-order chi connectivity index (χ1) is 10.6. The molecule has 2 rings (SSSR count). The molecule has 0 saturated carbocycles. The molecule has 0 amide bonds. The largest absolute Gasteiger partial charge is 0.344 e. The number of hydrogen-bond donors (Lipinski definition) is 0. The fraction of sp³-hybridized carbons (Fsp3) is 0.333. The van der Waals surface area contributed by atoms with Crippen molar-refractivity contribution in [1.29, 1.82) is 5.26 Å². The second kappa shape index (κ2) is 7.06. The molecule has 114 valence electrons. The summed E-state index contributed by atoms with van der Waals surface area (Å²) in [5.74, 6) is 0. The molecule has 1 aromatic carbocycles. The average molecular weight is 295 g/mol. The number of aromatic nitrogens is 1. The van der Waals surface area contributed by atoms with Crippen LogP contribution in [-0.2, 0) is 11.3 Å². The maximum Gasteiger partial charge on any atom is 0.160 e. The van der Waals surface area contributed by atoms with Gasteiger partial charge >= 0.3 is 0 Å². The van der Waals surface area contributed by atoms with E-state index in [4.69, 9.17) is 5.26 Å². The number of nitriles is 1. The third-order valence-corrected chi connectivity index (χ3v) is 3.82. The van der Waals surface area contributed by atoms with Crippen LogP contribution in [0.25, 0.3) is 17.0 Å². The van der Waals surface area contributed by atoms with Gasteiger partial charge in [0.05, 0.1) is 5.57 Å².